The molecule has 6 heteroatoms. The average Bonchev–Trinajstić information content (AvgIpc) is 2.57. The smallest absolute Gasteiger partial charge is 0.274 e. The van der Waals surface area contributed by atoms with E-state index in [2.05, 4.69) is 27.5 Å². The van der Waals surface area contributed by atoms with Crippen LogP contribution >= 0.6 is 0 Å². The third-order valence-corrected chi connectivity index (χ3v) is 3.22. The van der Waals surface area contributed by atoms with Crippen molar-refractivity contribution < 1.29 is 9.53 Å². The number of carbonyl (C=O) groups is 1. The molecule has 0 unspecified atom stereocenters. The first-order valence-electron chi connectivity index (χ1n) is 8.22. The first kappa shape index (κ1) is 17.7. The molecule has 0 saturated heterocycles. The van der Waals surface area contributed by atoms with Gasteiger partial charge in [-0.25, -0.2) is 9.97 Å². The molecule has 1 heterocycles. The van der Waals surface area contributed by atoms with Crippen LogP contribution in [0, 0.1) is 0 Å². The van der Waals surface area contributed by atoms with Gasteiger partial charge < -0.3 is 15.4 Å². The largest absolute Gasteiger partial charge is 0.491 e. The summed E-state index contributed by atoms with van der Waals surface area (Å²) in [7, 11) is 0. The molecule has 0 aliphatic carbocycles. The van der Waals surface area contributed by atoms with Gasteiger partial charge in [0.2, 0.25) is 0 Å². The number of nitrogens with one attached hydrogen (secondary N) is 2. The van der Waals surface area contributed by atoms with Crippen LogP contribution in [-0.4, -0.2) is 28.5 Å². The topological polar surface area (TPSA) is 76.1 Å². The fourth-order valence-electron chi connectivity index (χ4n) is 2.06. The molecule has 128 valence electrons. The van der Waals surface area contributed by atoms with Gasteiger partial charge >= 0.3 is 0 Å². The second-order valence-electron chi connectivity index (χ2n) is 5.71. The number of anilines is 2. The summed E-state index contributed by atoms with van der Waals surface area (Å²) in [6.07, 6.45) is 3.66. The number of rotatable bonds is 8. The van der Waals surface area contributed by atoms with Gasteiger partial charge in [0, 0.05) is 18.3 Å². The quantitative estimate of drug-likeness (QED) is 0.722. The summed E-state index contributed by atoms with van der Waals surface area (Å²) in [6, 6.07) is 8.91. The van der Waals surface area contributed by atoms with Crippen molar-refractivity contribution in [1.82, 2.24) is 9.97 Å². The molecule has 2 aromatic rings. The average molecular weight is 328 g/mol. The summed E-state index contributed by atoms with van der Waals surface area (Å²) in [5, 5.41) is 6.00. The van der Waals surface area contributed by atoms with Crippen molar-refractivity contribution in [2.75, 3.05) is 17.2 Å². The summed E-state index contributed by atoms with van der Waals surface area (Å²) in [6.45, 7) is 6.89. The lowest BCUT2D eigenvalue weighted by atomic mass is 10.2. The van der Waals surface area contributed by atoms with Crippen LogP contribution in [0.25, 0.3) is 0 Å². The Labute approximate surface area is 142 Å². The Morgan fingerprint density at radius 3 is 2.62 bits per heavy atom. The third-order valence-electron chi connectivity index (χ3n) is 3.22. The van der Waals surface area contributed by atoms with Crippen molar-refractivity contribution in [3.8, 4) is 5.75 Å². The molecular formula is C18H24N4O2. The van der Waals surface area contributed by atoms with E-state index in [4.69, 9.17) is 4.74 Å². The van der Waals surface area contributed by atoms with E-state index in [0.717, 1.165) is 25.1 Å². The molecule has 1 aromatic heterocycles. The molecule has 1 aromatic carbocycles. The van der Waals surface area contributed by atoms with E-state index >= 15 is 0 Å². The molecule has 0 bridgehead atoms. The van der Waals surface area contributed by atoms with Crippen molar-refractivity contribution in [3.05, 3.63) is 42.4 Å². The van der Waals surface area contributed by atoms with Crippen LogP contribution in [0.4, 0.5) is 11.5 Å². The van der Waals surface area contributed by atoms with Crippen LogP contribution in [-0.2, 0) is 0 Å². The number of ether oxygens (including phenoxy) is 1. The van der Waals surface area contributed by atoms with Gasteiger partial charge in [-0.2, -0.15) is 0 Å². The van der Waals surface area contributed by atoms with Gasteiger partial charge in [0.15, 0.2) is 0 Å². The lowest BCUT2D eigenvalue weighted by molar-refractivity contribution is 0.102. The number of aromatic nitrogens is 2. The Hall–Kier alpha value is -2.63. The van der Waals surface area contributed by atoms with E-state index in [1.54, 1.807) is 18.2 Å². The number of benzene rings is 1. The van der Waals surface area contributed by atoms with Crippen LogP contribution in [0.3, 0.4) is 0 Å². The summed E-state index contributed by atoms with van der Waals surface area (Å²) in [4.78, 5) is 20.5. The molecule has 2 rings (SSSR count). The highest BCUT2D eigenvalue weighted by Gasteiger charge is 2.09. The summed E-state index contributed by atoms with van der Waals surface area (Å²) >= 11 is 0. The number of amides is 1. The van der Waals surface area contributed by atoms with E-state index in [-0.39, 0.29) is 12.0 Å². The Kier molecular flexibility index (Phi) is 6.54. The van der Waals surface area contributed by atoms with Gasteiger partial charge in [-0.3, -0.25) is 4.79 Å². The first-order chi connectivity index (χ1) is 11.6. The van der Waals surface area contributed by atoms with Crippen molar-refractivity contribution in [2.24, 2.45) is 0 Å². The molecule has 0 aliphatic rings. The minimum atomic E-state index is -0.270. The molecule has 2 N–H and O–H groups in total. The minimum absolute atomic E-state index is 0.116. The molecule has 0 radical (unpaired) electrons. The van der Waals surface area contributed by atoms with Crippen LogP contribution in [0.2, 0.25) is 0 Å². The van der Waals surface area contributed by atoms with Crippen molar-refractivity contribution in [2.45, 2.75) is 39.7 Å². The maximum absolute atomic E-state index is 12.3. The van der Waals surface area contributed by atoms with E-state index in [9.17, 15) is 4.79 Å². The number of nitrogens with zero attached hydrogens (tertiary/aromatic N) is 2. The highest BCUT2D eigenvalue weighted by atomic mass is 16.5. The van der Waals surface area contributed by atoms with Crippen LogP contribution in [0.1, 0.15) is 44.1 Å². The summed E-state index contributed by atoms with van der Waals surface area (Å²) in [5.41, 5.74) is 1.02. The predicted octanol–water partition coefficient (Wildman–Crippen LogP) is 3.73. The van der Waals surface area contributed by atoms with E-state index in [1.165, 1.54) is 6.33 Å². The summed E-state index contributed by atoms with van der Waals surface area (Å²) < 4.78 is 5.58. The first-order valence-corrected chi connectivity index (χ1v) is 8.22. The minimum Gasteiger partial charge on any atom is -0.491 e. The van der Waals surface area contributed by atoms with Crippen molar-refractivity contribution in [1.29, 1.82) is 0 Å². The predicted molar refractivity (Wildman–Crippen MR) is 95.6 cm³/mol. The Morgan fingerprint density at radius 2 is 1.96 bits per heavy atom. The molecular weight excluding hydrogens is 304 g/mol. The van der Waals surface area contributed by atoms with Gasteiger partial charge in [-0.15, -0.1) is 0 Å². The fourth-order valence-corrected chi connectivity index (χ4v) is 2.06. The second kappa shape index (κ2) is 8.86. The number of hydrogen-bond donors (Lipinski definition) is 2. The van der Waals surface area contributed by atoms with E-state index in [1.807, 2.05) is 26.0 Å². The standard InChI is InChI=1S/C18H24N4O2/c1-4-5-10-19-17-11-16(20-12-21-17)18(23)22-14-6-8-15(9-7-14)24-13(2)3/h6-9,11-13H,4-5,10H2,1-3H3,(H,22,23)(H,19,20,21). The molecule has 0 aliphatic heterocycles. The van der Waals surface area contributed by atoms with Gasteiger partial charge in [0.1, 0.15) is 23.6 Å². The molecule has 0 saturated carbocycles. The highest BCUT2D eigenvalue weighted by molar-refractivity contribution is 6.03. The number of unbranched alkanes of at least 4 members (excludes halogenated alkanes) is 1. The molecule has 0 atom stereocenters. The fraction of sp³-hybridized carbons (Fsp3) is 0.389. The van der Waals surface area contributed by atoms with E-state index in [0.29, 0.717) is 17.2 Å². The van der Waals surface area contributed by atoms with Crippen LogP contribution in [0.15, 0.2) is 36.7 Å². The molecule has 0 fully saturated rings. The van der Waals surface area contributed by atoms with Crippen molar-refractivity contribution in [3.63, 3.8) is 0 Å². The molecule has 1 amide bonds. The Morgan fingerprint density at radius 1 is 1.21 bits per heavy atom. The summed E-state index contributed by atoms with van der Waals surface area (Å²) in [5.74, 6) is 1.16. The lowest BCUT2D eigenvalue weighted by Crippen LogP contribution is -2.15. The van der Waals surface area contributed by atoms with Crippen LogP contribution in [0.5, 0.6) is 5.75 Å². The number of carbonyl (C=O) groups excluding carboxylic acids is 1. The Balaban J connectivity index is 1.97. The highest BCUT2D eigenvalue weighted by Crippen LogP contribution is 2.17. The Bertz CT molecular complexity index is 656. The third kappa shape index (κ3) is 5.53. The van der Waals surface area contributed by atoms with E-state index < -0.39 is 0 Å². The van der Waals surface area contributed by atoms with Gasteiger partial charge in [0.25, 0.3) is 5.91 Å². The van der Waals surface area contributed by atoms with Gasteiger partial charge in [-0.1, -0.05) is 13.3 Å². The monoisotopic (exact) mass is 328 g/mol. The van der Waals surface area contributed by atoms with Gasteiger partial charge in [0.05, 0.1) is 6.10 Å². The number of hydrogen-bond acceptors (Lipinski definition) is 5. The molecule has 0 spiro atoms. The van der Waals surface area contributed by atoms with Crippen LogP contribution < -0.4 is 15.4 Å². The zero-order chi connectivity index (χ0) is 17.4. The maximum atomic E-state index is 12.3. The van der Waals surface area contributed by atoms with Gasteiger partial charge in [-0.05, 0) is 44.5 Å². The lowest BCUT2D eigenvalue weighted by Gasteiger charge is -2.11. The van der Waals surface area contributed by atoms with Crippen molar-refractivity contribution >= 4 is 17.4 Å². The molecule has 24 heavy (non-hydrogen) atoms. The SMILES string of the molecule is CCCCNc1cc(C(=O)Nc2ccc(OC(C)C)cc2)ncn1. The zero-order valence-electron chi connectivity index (χ0n) is 14.4. The maximum Gasteiger partial charge on any atom is 0.274 e. The zero-order valence-corrected chi connectivity index (χ0v) is 14.4. The normalized spacial score (nSPS) is 10.5. The molecule has 6 nitrogen and oxygen atoms in total. The second-order valence-corrected chi connectivity index (χ2v) is 5.71.